The number of rotatable bonds is 7. The molecule has 0 fully saturated rings. The van der Waals surface area contributed by atoms with Crippen LogP contribution >= 0.6 is 0 Å². The van der Waals surface area contributed by atoms with Crippen LogP contribution < -0.4 is 10.6 Å². The molecule has 1 aliphatic heterocycles. The molecule has 4 heteroatoms. The molecule has 0 saturated heterocycles. The Kier molecular flexibility index (Phi) is 4.80. The number of hydrogen-bond donors (Lipinski definition) is 3. The van der Waals surface area contributed by atoms with Gasteiger partial charge in [0.2, 0.25) is 0 Å². The quantitative estimate of drug-likeness (QED) is 0.652. The Morgan fingerprint density at radius 3 is 2.95 bits per heavy atom. The molecule has 0 aromatic heterocycles. The van der Waals surface area contributed by atoms with Crippen LogP contribution in [0, 0.1) is 0 Å². The second-order valence-electron chi connectivity index (χ2n) is 5.41. The lowest BCUT2D eigenvalue weighted by Gasteiger charge is -2.30. The lowest BCUT2D eigenvalue weighted by molar-refractivity contribution is 0.0329. The average Bonchev–Trinajstić information content (AvgIpc) is 2.83. The highest BCUT2D eigenvalue weighted by Crippen LogP contribution is 2.31. The fourth-order valence-corrected chi connectivity index (χ4v) is 2.49. The molecule has 0 spiro atoms. The van der Waals surface area contributed by atoms with Crippen LogP contribution in [-0.4, -0.2) is 43.6 Å². The van der Waals surface area contributed by atoms with E-state index in [4.69, 9.17) is 4.74 Å². The van der Waals surface area contributed by atoms with Gasteiger partial charge in [-0.3, -0.25) is 0 Å². The minimum Gasteiger partial charge on any atom is -0.388 e. The summed E-state index contributed by atoms with van der Waals surface area (Å²) in [6.07, 6.45) is 1.61. The van der Waals surface area contributed by atoms with Gasteiger partial charge in [-0.05, 0) is 37.9 Å². The first kappa shape index (κ1) is 14.3. The zero-order chi connectivity index (χ0) is 13.7. The highest BCUT2D eigenvalue weighted by Gasteiger charge is 2.35. The molecule has 2 atom stereocenters. The standard InChI is InChI=1S/C15H24N2O2/c1-15(18,7-8-16-9-10-19-2)14-11-12-5-3-4-6-13(12)17-14/h3-6,14,16-18H,7-11H2,1-2H3. The van der Waals surface area contributed by atoms with Crippen molar-refractivity contribution in [3.8, 4) is 0 Å². The van der Waals surface area contributed by atoms with Crippen LogP contribution in [0.15, 0.2) is 24.3 Å². The third-order valence-electron chi connectivity index (χ3n) is 3.81. The summed E-state index contributed by atoms with van der Waals surface area (Å²) in [5, 5.41) is 17.3. The highest BCUT2D eigenvalue weighted by atomic mass is 16.5. The molecule has 4 nitrogen and oxygen atoms in total. The lowest BCUT2D eigenvalue weighted by Crippen LogP contribution is -2.45. The Balaban J connectivity index is 1.81. The van der Waals surface area contributed by atoms with Crippen LogP contribution in [0.4, 0.5) is 5.69 Å². The van der Waals surface area contributed by atoms with E-state index in [-0.39, 0.29) is 6.04 Å². The summed E-state index contributed by atoms with van der Waals surface area (Å²) in [5.41, 5.74) is 1.74. The van der Waals surface area contributed by atoms with E-state index in [1.54, 1.807) is 7.11 Å². The Hall–Kier alpha value is -1.10. The number of anilines is 1. The van der Waals surface area contributed by atoms with E-state index in [1.165, 1.54) is 5.56 Å². The molecule has 2 unspecified atom stereocenters. The summed E-state index contributed by atoms with van der Waals surface area (Å²) in [5.74, 6) is 0. The Morgan fingerprint density at radius 2 is 2.21 bits per heavy atom. The average molecular weight is 264 g/mol. The summed E-state index contributed by atoms with van der Waals surface area (Å²) in [6.45, 7) is 4.24. The summed E-state index contributed by atoms with van der Waals surface area (Å²) in [6, 6.07) is 8.35. The van der Waals surface area contributed by atoms with Crippen LogP contribution in [-0.2, 0) is 11.2 Å². The normalized spacial score (nSPS) is 20.7. The van der Waals surface area contributed by atoms with Crippen molar-refractivity contribution in [3.05, 3.63) is 29.8 Å². The number of hydrogen-bond acceptors (Lipinski definition) is 4. The monoisotopic (exact) mass is 264 g/mol. The van der Waals surface area contributed by atoms with Gasteiger partial charge in [0, 0.05) is 19.3 Å². The number of aliphatic hydroxyl groups is 1. The van der Waals surface area contributed by atoms with E-state index >= 15 is 0 Å². The second-order valence-corrected chi connectivity index (χ2v) is 5.41. The van der Waals surface area contributed by atoms with Gasteiger partial charge < -0.3 is 20.5 Å². The molecule has 0 radical (unpaired) electrons. The van der Waals surface area contributed by atoms with E-state index < -0.39 is 5.60 Å². The molecule has 0 bridgehead atoms. The molecule has 3 N–H and O–H groups in total. The van der Waals surface area contributed by atoms with Crippen molar-refractivity contribution in [2.75, 3.05) is 32.1 Å². The maximum absolute atomic E-state index is 10.6. The largest absolute Gasteiger partial charge is 0.388 e. The number of para-hydroxylation sites is 1. The van der Waals surface area contributed by atoms with Gasteiger partial charge in [0.15, 0.2) is 0 Å². The zero-order valence-electron chi connectivity index (χ0n) is 11.8. The second kappa shape index (κ2) is 6.37. The summed E-state index contributed by atoms with van der Waals surface area (Å²) >= 11 is 0. The Bertz CT molecular complexity index is 382. The number of nitrogens with one attached hydrogen (secondary N) is 2. The minimum absolute atomic E-state index is 0.0918. The van der Waals surface area contributed by atoms with Crippen LogP contribution in [0.2, 0.25) is 0 Å². The topological polar surface area (TPSA) is 53.5 Å². The van der Waals surface area contributed by atoms with Gasteiger partial charge in [-0.15, -0.1) is 0 Å². The predicted molar refractivity (Wildman–Crippen MR) is 77.5 cm³/mol. The van der Waals surface area contributed by atoms with E-state index in [2.05, 4.69) is 22.8 Å². The van der Waals surface area contributed by atoms with Crippen LogP contribution in [0.5, 0.6) is 0 Å². The van der Waals surface area contributed by atoms with Crippen molar-refractivity contribution in [3.63, 3.8) is 0 Å². The van der Waals surface area contributed by atoms with E-state index in [1.807, 2.05) is 19.1 Å². The molecule has 1 heterocycles. The number of ether oxygens (including phenoxy) is 1. The van der Waals surface area contributed by atoms with Gasteiger partial charge in [-0.2, -0.15) is 0 Å². The van der Waals surface area contributed by atoms with Crippen molar-refractivity contribution < 1.29 is 9.84 Å². The first-order chi connectivity index (χ1) is 9.13. The van der Waals surface area contributed by atoms with Crippen LogP contribution in [0.25, 0.3) is 0 Å². The lowest BCUT2D eigenvalue weighted by atomic mass is 9.90. The van der Waals surface area contributed by atoms with E-state index in [9.17, 15) is 5.11 Å². The fraction of sp³-hybridized carbons (Fsp3) is 0.600. The molecule has 1 aromatic carbocycles. The molecule has 1 aliphatic rings. The van der Waals surface area contributed by atoms with Gasteiger partial charge in [-0.25, -0.2) is 0 Å². The van der Waals surface area contributed by atoms with Gasteiger partial charge in [-0.1, -0.05) is 18.2 Å². The Morgan fingerprint density at radius 1 is 1.42 bits per heavy atom. The molecule has 0 saturated carbocycles. The molecule has 0 aliphatic carbocycles. The molecule has 1 aromatic rings. The van der Waals surface area contributed by atoms with Gasteiger partial charge in [0.1, 0.15) is 0 Å². The maximum Gasteiger partial charge on any atom is 0.0835 e. The smallest absolute Gasteiger partial charge is 0.0835 e. The summed E-state index contributed by atoms with van der Waals surface area (Å²) in [7, 11) is 1.69. The number of fused-ring (bicyclic) bond motifs is 1. The molecular weight excluding hydrogens is 240 g/mol. The van der Waals surface area contributed by atoms with Crippen molar-refractivity contribution >= 4 is 5.69 Å². The van der Waals surface area contributed by atoms with E-state index in [0.717, 1.165) is 31.6 Å². The van der Waals surface area contributed by atoms with Gasteiger partial charge >= 0.3 is 0 Å². The summed E-state index contributed by atoms with van der Waals surface area (Å²) in [4.78, 5) is 0. The van der Waals surface area contributed by atoms with Crippen molar-refractivity contribution in [2.24, 2.45) is 0 Å². The van der Waals surface area contributed by atoms with Crippen molar-refractivity contribution in [1.82, 2.24) is 5.32 Å². The first-order valence-electron chi connectivity index (χ1n) is 6.90. The first-order valence-corrected chi connectivity index (χ1v) is 6.90. The van der Waals surface area contributed by atoms with E-state index in [0.29, 0.717) is 6.61 Å². The zero-order valence-corrected chi connectivity index (χ0v) is 11.8. The van der Waals surface area contributed by atoms with Gasteiger partial charge in [0.25, 0.3) is 0 Å². The summed E-state index contributed by atoms with van der Waals surface area (Å²) < 4.78 is 4.98. The predicted octanol–water partition coefficient (Wildman–Crippen LogP) is 1.40. The van der Waals surface area contributed by atoms with Crippen molar-refractivity contribution in [2.45, 2.75) is 31.4 Å². The number of methoxy groups -OCH3 is 1. The minimum atomic E-state index is -0.709. The highest BCUT2D eigenvalue weighted by molar-refractivity contribution is 5.57. The van der Waals surface area contributed by atoms with Crippen LogP contribution in [0.1, 0.15) is 18.9 Å². The molecule has 19 heavy (non-hydrogen) atoms. The SMILES string of the molecule is COCCNCCC(C)(O)C1Cc2ccccc2N1. The number of benzene rings is 1. The van der Waals surface area contributed by atoms with Crippen molar-refractivity contribution in [1.29, 1.82) is 0 Å². The molecular formula is C15H24N2O2. The third-order valence-corrected chi connectivity index (χ3v) is 3.81. The molecule has 0 amide bonds. The Labute approximate surface area is 115 Å². The van der Waals surface area contributed by atoms with Crippen LogP contribution in [0.3, 0.4) is 0 Å². The fourth-order valence-electron chi connectivity index (χ4n) is 2.49. The van der Waals surface area contributed by atoms with Gasteiger partial charge in [0.05, 0.1) is 18.2 Å². The molecule has 106 valence electrons. The molecule has 2 rings (SSSR count). The third kappa shape index (κ3) is 3.69. The maximum atomic E-state index is 10.6.